The molecule has 30 heavy (non-hydrogen) atoms. The minimum Gasteiger partial charge on any atom is -0.494 e. The summed E-state index contributed by atoms with van der Waals surface area (Å²) in [4.78, 5) is -0.0164. The van der Waals surface area contributed by atoms with Gasteiger partial charge in [-0.25, -0.2) is 25.9 Å². The van der Waals surface area contributed by atoms with E-state index in [1.807, 2.05) is 6.92 Å². The molecule has 0 spiro atoms. The fourth-order valence-electron chi connectivity index (χ4n) is 2.80. The minimum absolute atomic E-state index is 0.0164. The molecule has 10 heteroatoms. The van der Waals surface area contributed by atoms with Crippen LogP contribution in [-0.2, 0) is 19.9 Å². The quantitative estimate of drug-likeness (QED) is 0.515. The third kappa shape index (κ3) is 5.07. The molecule has 0 aliphatic carbocycles. The predicted molar refractivity (Wildman–Crippen MR) is 113 cm³/mol. The van der Waals surface area contributed by atoms with Crippen molar-refractivity contribution in [2.45, 2.75) is 21.3 Å². The maximum absolute atomic E-state index is 13.3. The van der Waals surface area contributed by atoms with Gasteiger partial charge in [0.2, 0.25) is 10.0 Å². The van der Waals surface area contributed by atoms with Crippen LogP contribution in [0.3, 0.4) is 0 Å². The Morgan fingerprint density at radius 3 is 2.23 bits per heavy atom. The SMILES string of the molecule is CCOc1ccc(S(=O)(=O)NC[C@H](c2ccc(F)cc2)S(=O)(=O)c2cccs2)cc1. The first-order valence-corrected chi connectivity index (χ1v) is 12.9. The predicted octanol–water partition coefficient (Wildman–Crippen LogP) is 3.78. The van der Waals surface area contributed by atoms with E-state index in [0.717, 1.165) is 23.5 Å². The summed E-state index contributed by atoms with van der Waals surface area (Å²) >= 11 is 1.04. The van der Waals surface area contributed by atoms with Crippen LogP contribution in [0.1, 0.15) is 17.7 Å². The van der Waals surface area contributed by atoms with Crippen molar-refractivity contribution in [2.75, 3.05) is 13.2 Å². The van der Waals surface area contributed by atoms with Gasteiger partial charge in [0.05, 0.1) is 11.5 Å². The standard InChI is InChI=1S/C20H20FNO5S3/c1-2-27-17-9-11-18(12-10-17)30(25,26)22-14-19(15-5-7-16(21)8-6-15)29(23,24)20-4-3-13-28-20/h3-13,19,22H,2,14H2,1H3/t19-/m1/s1. The number of rotatable bonds is 9. The third-order valence-corrected chi connectivity index (χ3v) is 9.27. The highest BCUT2D eigenvalue weighted by Gasteiger charge is 2.31. The number of sulfonamides is 1. The van der Waals surface area contributed by atoms with Gasteiger partial charge in [0.1, 0.15) is 21.0 Å². The van der Waals surface area contributed by atoms with Crippen LogP contribution in [0.15, 0.2) is 75.1 Å². The first-order valence-electron chi connectivity index (χ1n) is 8.99. The van der Waals surface area contributed by atoms with E-state index >= 15 is 0 Å². The van der Waals surface area contributed by atoms with Crippen LogP contribution in [0.2, 0.25) is 0 Å². The molecule has 0 radical (unpaired) electrons. The summed E-state index contributed by atoms with van der Waals surface area (Å²) in [5.41, 5.74) is 0.291. The van der Waals surface area contributed by atoms with Crippen LogP contribution in [0, 0.1) is 5.82 Å². The second-order valence-electron chi connectivity index (χ2n) is 6.27. The normalized spacial score (nSPS) is 13.1. The van der Waals surface area contributed by atoms with Gasteiger partial charge >= 0.3 is 0 Å². The highest BCUT2D eigenvalue weighted by atomic mass is 32.2. The second kappa shape index (κ2) is 9.25. The zero-order chi connectivity index (χ0) is 21.8. The van der Waals surface area contributed by atoms with E-state index in [0.29, 0.717) is 17.9 Å². The van der Waals surface area contributed by atoms with E-state index < -0.39 is 37.5 Å². The van der Waals surface area contributed by atoms with Gasteiger partial charge in [-0.15, -0.1) is 11.3 Å². The van der Waals surface area contributed by atoms with Gasteiger partial charge < -0.3 is 4.74 Å². The van der Waals surface area contributed by atoms with Crippen LogP contribution in [-0.4, -0.2) is 30.0 Å². The molecule has 0 aliphatic rings. The molecule has 0 fully saturated rings. The molecule has 0 bridgehead atoms. The number of nitrogens with one attached hydrogen (secondary N) is 1. The summed E-state index contributed by atoms with van der Waals surface area (Å²) < 4.78 is 72.7. The molecule has 0 aliphatic heterocycles. The van der Waals surface area contributed by atoms with Crippen molar-refractivity contribution in [3.05, 3.63) is 77.4 Å². The number of benzene rings is 2. The Balaban J connectivity index is 1.89. The first-order chi connectivity index (χ1) is 14.2. The molecule has 1 N–H and O–H groups in total. The fraction of sp³-hybridized carbons (Fsp3) is 0.200. The van der Waals surface area contributed by atoms with Crippen LogP contribution in [0.5, 0.6) is 5.75 Å². The van der Waals surface area contributed by atoms with Crippen molar-refractivity contribution in [1.82, 2.24) is 4.72 Å². The molecule has 3 rings (SSSR count). The van der Waals surface area contributed by atoms with E-state index in [-0.39, 0.29) is 9.10 Å². The van der Waals surface area contributed by atoms with E-state index in [1.165, 1.54) is 42.5 Å². The van der Waals surface area contributed by atoms with Crippen LogP contribution < -0.4 is 9.46 Å². The molecule has 0 amide bonds. The summed E-state index contributed by atoms with van der Waals surface area (Å²) in [6.07, 6.45) is 0. The molecule has 1 aromatic heterocycles. The second-order valence-corrected chi connectivity index (χ2v) is 11.3. The Morgan fingerprint density at radius 2 is 1.67 bits per heavy atom. The van der Waals surface area contributed by atoms with Crippen LogP contribution in [0.25, 0.3) is 0 Å². The number of hydrogen-bond donors (Lipinski definition) is 1. The summed E-state index contributed by atoms with van der Waals surface area (Å²) in [5.74, 6) is 0.0157. The molecule has 1 heterocycles. The molecule has 1 atom stereocenters. The lowest BCUT2D eigenvalue weighted by atomic mass is 10.1. The topological polar surface area (TPSA) is 89.5 Å². The van der Waals surface area contributed by atoms with E-state index in [9.17, 15) is 21.2 Å². The first kappa shape index (κ1) is 22.4. The molecule has 0 saturated heterocycles. The summed E-state index contributed by atoms with van der Waals surface area (Å²) in [5, 5.41) is 0.410. The lowest BCUT2D eigenvalue weighted by Crippen LogP contribution is -2.31. The van der Waals surface area contributed by atoms with Crippen molar-refractivity contribution in [2.24, 2.45) is 0 Å². The van der Waals surface area contributed by atoms with Crippen molar-refractivity contribution in [3.8, 4) is 5.75 Å². The van der Waals surface area contributed by atoms with Gasteiger partial charge in [0, 0.05) is 6.54 Å². The molecule has 0 unspecified atom stereocenters. The Hall–Kier alpha value is -2.27. The monoisotopic (exact) mass is 469 g/mol. The highest BCUT2D eigenvalue weighted by molar-refractivity contribution is 7.93. The summed E-state index contributed by atoms with van der Waals surface area (Å²) in [7, 11) is -7.87. The molecular weight excluding hydrogens is 449 g/mol. The van der Waals surface area contributed by atoms with Crippen LogP contribution in [0.4, 0.5) is 4.39 Å². The zero-order valence-corrected chi connectivity index (χ0v) is 18.4. The molecule has 3 aromatic rings. The molecule has 160 valence electrons. The average Bonchev–Trinajstić information content (AvgIpc) is 3.26. The minimum atomic E-state index is -3.97. The van der Waals surface area contributed by atoms with Gasteiger partial charge in [-0.2, -0.15) is 0 Å². The average molecular weight is 470 g/mol. The Bertz CT molecular complexity index is 1170. The van der Waals surface area contributed by atoms with Crippen molar-refractivity contribution < 1.29 is 26.0 Å². The van der Waals surface area contributed by atoms with E-state index in [2.05, 4.69) is 4.72 Å². The van der Waals surface area contributed by atoms with Crippen molar-refractivity contribution in [3.63, 3.8) is 0 Å². The number of ether oxygens (including phenoxy) is 1. The van der Waals surface area contributed by atoms with Gasteiger partial charge in [-0.05, 0) is 60.3 Å². The lowest BCUT2D eigenvalue weighted by molar-refractivity contribution is 0.340. The molecule has 6 nitrogen and oxygen atoms in total. The number of thiophene rings is 1. The Kier molecular flexibility index (Phi) is 6.91. The summed E-state index contributed by atoms with van der Waals surface area (Å²) in [6.45, 7) is 1.86. The van der Waals surface area contributed by atoms with Crippen molar-refractivity contribution >= 4 is 31.2 Å². The fourth-order valence-corrected chi connectivity index (χ4v) is 6.82. The lowest BCUT2D eigenvalue weighted by Gasteiger charge is -2.18. The van der Waals surface area contributed by atoms with E-state index in [4.69, 9.17) is 4.74 Å². The molecular formula is C20H20FNO5S3. The maximum atomic E-state index is 13.3. The Labute approximate surface area is 179 Å². The zero-order valence-electron chi connectivity index (χ0n) is 16.0. The smallest absolute Gasteiger partial charge is 0.240 e. The third-order valence-electron chi connectivity index (χ3n) is 4.30. The largest absolute Gasteiger partial charge is 0.494 e. The number of hydrogen-bond acceptors (Lipinski definition) is 6. The van der Waals surface area contributed by atoms with Gasteiger partial charge in [-0.1, -0.05) is 18.2 Å². The highest BCUT2D eigenvalue weighted by Crippen LogP contribution is 2.31. The molecule has 2 aromatic carbocycles. The van der Waals surface area contributed by atoms with Gasteiger partial charge in [0.25, 0.3) is 0 Å². The van der Waals surface area contributed by atoms with Gasteiger partial charge in [-0.3, -0.25) is 0 Å². The van der Waals surface area contributed by atoms with Crippen molar-refractivity contribution in [1.29, 1.82) is 0 Å². The maximum Gasteiger partial charge on any atom is 0.240 e. The summed E-state index contributed by atoms with van der Waals surface area (Å²) in [6, 6.07) is 13.9. The van der Waals surface area contributed by atoms with Crippen LogP contribution >= 0.6 is 11.3 Å². The number of sulfone groups is 1. The number of halogens is 1. The molecule has 0 saturated carbocycles. The van der Waals surface area contributed by atoms with E-state index in [1.54, 1.807) is 11.4 Å². The Morgan fingerprint density at radius 1 is 1.00 bits per heavy atom. The van der Waals surface area contributed by atoms with Gasteiger partial charge in [0.15, 0.2) is 9.84 Å².